The van der Waals surface area contributed by atoms with E-state index in [2.05, 4.69) is 5.32 Å². The zero-order valence-corrected chi connectivity index (χ0v) is 11.3. The molecule has 20 heavy (non-hydrogen) atoms. The molecule has 0 bridgehead atoms. The van der Waals surface area contributed by atoms with Crippen molar-refractivity contribution in [3.63, 3.8) is 0 Å². The minimum atomic E-state index is -4.31. The van der Waals surface area contributed by atoms with Gasteiger partial charge in [0.05, 0.1) is 5.56 Å². The largest absolute Gasteiger partial charge is 0.416 e. The Morgan fingerprint density at radius 1 is 0.950 bits per heavy atom. The van der Waals surface area contributed by atoms with Crippen LogP contribution < -0.4 is 5.32 Å². The number of hydrogen-bond acceptors (Lipinski definition) is 1. The molecule has 1 nitrogen and oxygen atoms in total. The number of nitrogens with one attached hydrogen (secondary N) is 1. The Balaban J connectivity index is 1.97. The lowest BCUT2D eigenvalue weighted by Crippen LogP contribution is -2.14. The molecule has 0 saturated heterocycles. The van der Waals surface area contributed by atoms with Gasteiger partial charge in [-0.25, -0.2) is 0 Å². The van der Waals surface area contributed by atoms with E-state index in [0.717, 1.165) is 17.7 Å². The van der Waals surface area contributed by atoms with Crippen LogP contribution in [0.2, 0.25) is 5.02 Å². The Kier molecular flexibility index (Phi) is 4.68. The molecule has 0 atom stereocenters. The molecular formula is C15H13ClF3N. The number of alkyl halides is 3. The Morgan fingerprint density at radius 2 is 1.70 bits per heavy atom. The summed E-state index contributed by atoms with van der Waals surface area (Å²) in [6.45, 7) is 0.866. The second-order valence-corrected chi connectivity index (χ2v) is 4.80. The molecule has 2 aromatic rings. The standard InChI is InChI=1S/C15H13ClF3N/c16-14-7-2-1-5-12(14)10-20-9-11-4-3-6-13(8-11)15(17,18)19/h1-8,20H,9-10H2. The topological polar surface area (TPSA) is 12.0 Å². The van der Waals surface area contributed by atoms with Gasteiger partial charge in [0.15, 0.2) is 0 Å². The first-order valence-electron chi connectivity index (χ1n) is 6.07. The van der Waals surface area contributed by atoms with Crippen LogP contribution in [0.5, 0.6) is 0 Å². The Labute approximate surface area is 120 Å². The van der Waals surface area contributed by atoms with Gasteiger partial charge in [-0.15, -0.1) is 0 Å². The summed E-state index contributed by atoms with van der Waals surface area (Å²) < 4.78 is 37.7. The SMILES string of the molecule is FC(F)(F)c1cccc(CNCc2ccccc2Cl)c1. The second-order valence-electron chi connectivity index (χ2n) is 4.39. The van der Waals surface area contributed by atoms with Crippen LogP contribution in [-0.2, 0) is 19.3 Å². The van der Waals surface area contributed by atoms with Gasteiger partial charge in [0.25, 0.3) is 0 Å². The monoisotopic (exact) mass is 299 g/mol. The normalized spacial score (nSPS) is 11.6. The van der Waals surface area contributed by atoms with Crippen molar-refractivity contribution in [3.05, 3.63) is 70.2 Å². The van der Waals surface area contributed by atoms with Crippen molar-refractivity contribution < 1.29 is 13.2 Å². The lowest BCUT2D eigenvalue weighted by molar-refractivity contribution is -0.137. The minimum Gasteiger partial charge on any atom is -0.309 e. The number of halogens is 4. The van der Waals surface area contributed by atoms with E-state index >= 15 is 0 Å². The highest BCUT2D eigenvalue weighted by Gasteiger charge is 2.30. The van der Waals surface area contributed by atoms with Crippen LogP contribution >= 0.6 is 11.6 Å². The first-order chi connectivity index (χ1) is 9.47. The van der Waals surface area contributed by atoms with E-state index in [0.29, 0.717) is 23.7 Å². The van der Waals surface area contributed by atoms with Gasteiger partial charge in [0, 0.05) is 18.1 Å². The van der Waals surface area contributed by atoms with Gasteiger partial charge in [-0.05, 0) is 23.3 Å². The molecule has 0 aliphatic rings. The molecule has 2 aromatic carbocycles. The van der Waals surface area contributed by atoms with Gasteiger partial charge in [-0.3, -0.25) is 0 Å². The molecule has 0 amide bonds. The third-order valence-electron chi connectivity index (χ3n) is 2.86. The lowest BCUT2D eigenvalue weighted by Gasteiger charge is -2.10. The zero-order chi connectivity index (χ0) is 14.6. The molecule has 2 rings (SSSR count). The molecule has 106 valence electrons. The summed E-state index contributed by atoms with van der Waals surface area (Å²) in [6, 6.07) is 12.7. The first-order valence-corrected chi connectivity index (χ1v) is 6.45. The van der Waals surface area contributed by atoms with E-state index in [1.54, 1.807) is 12.1 Å². The van der Waals surface area contributed by atoms with Crippen LogP contribution in [0.25, 0.3) is 0 Å². The summed E-state index contributed by atoms with van der Waals surface area (Å²) in [5, 5.41) is 3.73. The summed E-state index contributed by atoms with van der Waals surface area (Å²) >= 11 is 6.00. The fourth-order valence-electron chi connectivity index (χ4n) is 1.84. The summed E-state index contributed by atoms with van der Waals surface area (Å²) in [7, 11) is 0. The highest BCUT2D eigenvalue weighted by molar-refractivity contribution is 6.31. The summed E-state index contributed by atoms with van der Waals surface area (Å²) in [4.78, 5) is 0. The van der Waals surface area contributed by atoms with E-state index in [1.165, 1.54) is 6.07 Å². The molecule has 5 heteroatoms. The molecule has 0 saturated carbocycles. The predicted octanol–water partition coefficient (Wildman–Crippen LogP) is 4.65. The first kappa shape index (κ1) is 14.9. The maximum absolute atomic E-state index is 12.6. The second kappa shape index (κ2) is 6.29. The summed E-state index contributed by atoms with van der Waals surface area (Å²) in [5.74, 6) is 0. The average molecular weight is 300 g/mol. The Morgan fingerprint density at radius 3 is 2.40 bits per heavy atom. The average Bonchev–Trinajstić information content (AvgIpc) is 2.40. The molecular weight excluding hydrogens is 287 g/mol. The smallest absolute Gasteiger partial charge is 0.309 e. The molecule has 0 aliphatic carbocycles. The van der Waals surface area contributed by atoms with Crippen molar-refractivity contribution in [3.8, 4) is 0 Å². The van der Waals surface area contributed by atoms with Crippen molar-refractivity contribution in [1.82, 2.24) is 5.32 Å². The Bertz CT molecular complexity index is 581. The van der Waals surface area contributed by atoms with Crippen molar-refractivity contribution in [1.29, 1.82) is 0 Å². The highest BCUT2D eigenvalue weighted by atomic mass is 35.5. The number of hydrogen-bond donors (Lipinski definition) is 1. The van der Waals surface area contributed by atoms with Crippen LogP contribution in [0.1, 0.15) is 16.7 Å². The van der Waals surface area contributed by atoms with Gasteiger partial charge in [0.2, 0.25) is 0 Å². The summed E-state index contributed by atoms with van der Waals surface area (Å²) in [5.41, 5.74) is 0.877. The van der Waals surface area contributed by atoms with E-state index in [4.69, 9.17) is 11.6 Å². The molecule has 0 spiro atoms. The molecule has 1 N–H and O–H groups in total. The van der Waals surface area contributed by atoms with Gasteiger partial charge in [0.1, 0.15) is 0 Å². The van der Waals surface area contributed by atoms with Crippen LogP contribution in [0.3, 0.4) is 0 Å². The van der Waals surface area contributed by atoms with Crippen molar-refractivity contribution in [2.24, 2.45) is 0 Å². The van der Waals surface area contributed by atoms with E-state index < -0.39 is 11.7 Å². The molecule has 0 radical (unpaired) electrons. The summed E-state index contributed by atoms with van der Waals surface area (Å²) in [6.07, 6.45) is -4.31. The van der Waals surface area contributed by atoms with E-state index in [1.807, 2.05) is 18.2 Å². The van der Waals surface area contributed by atoms with Crippen molar-refractivity contribution in [2.75, 3.05) is 0 Å². The number of benzene rings is 2. The molecule has 0 aromatic heterocycles. The molecule has 0 heterocycles. The maximum atomic E-state index is 12.6. The van der Waals surface area contributed by atoms with E-state index in [9.17, 15) is 13.2 Å². The van der Waals surface area contributed by atoms with Crippen LogP contribution in [0.15, 0.2) is 48.5 Å². The van der Waals surface area contributed by atoms with Gasteiger partial charge < -0.3 is 5.32 Å². The Hall–Kier alpha value is -1.52. The van der Waals surface area contributed by atoms with Crippen LogP contribution in [0.4, 0.5) is 13.2 Å². The fraction of sp³-hybridized carbons (Fsp3) is 0.200. The predicted molar refractivity (Wildman–Crippen MR) is 73.4 cm³/mol. The van der Waals surface area contributed by atoms with Crippen LogP contribution in [-0.4, -0.2) is 0 Å². The van der Waals surface area contributed by atoms with Crippen molar-refractivity contribution >= 4 is 11.6 Å². The zero-order valence-electron chi connectivity index (χ0n) is 10.5. The van der Waals surface area contributed by atoms with E-state index in [-0.39, 0.29) is 0 Å². The van der Waals surface area contributed by atoms with Gasteiger partial charge in [-0.2, -0.15) is 13.2 Å². The third kappa shape index (κ3) is 3.99. The quantitative estimate of drug-likeness (QED) is 0.866. The molecule has 0 aliphatic heterocycles. The minimum absolute atomic E-state index is 0.356. The lowest BCUT2D eigenvalue weighted by atomic mass is 10.1. The third-order valence-corrected chi connectivity index (χ3v) is 3.23. The van der Waals surface area contributed by atoms with Crippen LogP contribution in [0, 0.1) is 0 Å². The fourth-order valence-corrected chi connectivity index (χ4v) is 2.04. The van der Waals surface area contributed by atoms with Gasteiger partial charge in [-0.1, -0.05) is 48.0 Å². The van der Waals surface area contributed by atoms with Crippen molar-refractivity contribution in [2.45, 2.75) is 19.3 Å². The maximum Gasteiger partial charge on any atom is 0.416 e. The highest BCUT2D eigenvalue weighted by Crippen LogP contribution is 2.29. The van der Waals surface area contributed by atoms with Gasteiger partial charge >= 0.3 is 6.18 Å². The number of rotatable bonds is 4. The molecule has 0 unspecified atom stereocenters. The molecule has 0 fully saturated rings.